The van der Waals surface area contributed by atoms with E-state index in [0.717, 1.165) is 16.6 Å². The normalized spacial score (nSPS) is 10.7. The molecule has 0 spiro atoms. The highest BCUT2D eigenvalue weighted by molar-refractivity contribution is 6.12. The number of fused-ring (bicyclic) bond motifs is 1. The highest BCUT2D eigenvalue weighted by Crippen LogP contribution is 2.21. The van der Waals surface area contributed by atoms with Crippen molar-refractivity contribution < 1.29 is 9.18 Å². The molecule has 3 nitrogen and oxygen atoms in total. The summed E-state index contributed by atoms with van der Waals surface area (Å²) in [5, 5.41) is 3.64. The molecule has 0 aliphatic carbocycles. The number of nitrogens with one attached hydrogen (secondary N) is 1. The fourth-order valence-corrected chi connectivity index (χ4v) is 2.45. The van der Waals surface area contributed by atoms with Crippen LogP contribution in [0.25, 0.3) is 10.9 Å². The van der Waals surface area contributed by atoms with Crippen LogP contribution in [0, 0.1) is 19.7 Å². The van der Waals surface area contributed by atoms with Gasteiger partial charge >= 0.3 is 0 Å². The number of carbonyl (C=O) groups is 1. The van der Waals surface area contributed by atoms with Crippen LogP contribution >= 0.6 is 0 Å². The average Bonchev–Trinajstić information content (AvgIpc) is 2.49. The van der Waals surface area contributed by atoms with Gasteiger partial charge in [-0.25, -0.2) is 4.39 Å². The second-order valence-electron chi connectivity index (χ2n) is 5.24. The van der Waals surface area contributed by atoms with Crippen molar-refractivity contribution in [3.8, 4) is 0 Å². The minimum Gasteiger partial charge on any atom is -0.322 e. The molecule has 3 aromatic rings. The molecule has 1 N–H and O–H groups in total. The van der Waals surface area contributed by atoms with E-state index in [1.807, 2.05) is 31.2 Å². The van der Waals surface area contributed by atoms with E-state index >= 15 is 0 Å². The van der Waals surface area contributed by atoms with Gasteiger partial charge < -0.3 is 5.32 Å². The molecule has 0 fully saturated rings. The van der Waals surface area contributed by atoms with Crippen molar-refractivity contribution in [1.82, 2.24) is 4.98 Å². The van der Waals surface area contributed by atoms with Crippen LogP contribution in [0.4, 0.5) is 10.1 Å². The molecule has 0 atom stereocenters. The number of aryl methyl sites for hydroxylation is 2. The van der Waals surface area contributed by atoms with Crippen LogP contribution in [0.3, 0.4) is 0 Å². The molecule has 2 aromatic carbocycles. The fraction of sp³-hybridized carbons (Fsp3) is 0.111. The lowest BCUT2D eigenvalue weighted by Crippen LogP contribution is -2.14. The summed E-state index contributed by atoms with van der Waals surface area (Å²) in [4.78, 5) is 17.0. The highest BCUT2D eigenvalue weighted by Gasteiger charge is 2.13. The van der Waals surface area contributed by atoms with Crippen LogP contribution in [0.2, 0.25) is 0 Å². The number of amides is 1. The number of pyridine rings is 1. The standard InChI is InChI=1S/C18H15FN2O/c1-11-9-13(19)7-8-16(11)21-18(22)15-10-12(2)20-17-6-4-3-5-14(15)17/h3-10H,1-2H3,(H,21,22). The van der Waals surface area contributed by atoms with E-state index in [1.165, 1.54) is 12.1 Å². The Morgan fingerprint density at radius 2 is 1.86 bits per heavy atom. The Hall–Kier alpha value is -2.75. The number of rotatable bonds is 2. The van der Waals surface area contributed by atoms with Crippen molar-refractivity contribution in [2.24, 2.45) is 0 Å². The van der Waals surface area contributed by atoms with Gasteiger partial charge in [-0.2, -0.15) is 0 Å². The predicted molar refractivity (Wildman–Crippen MR) is 85.6 cm³/mol. The zero-order chi connectivity index (χ0) is 15.7. The summed E-state index contributed by atoms with van der Waals surface area (Å²) in [6.45, 7) is 3.61. The summed E-state index contributed by atoms with van der Waals surface area (Å²) in [7, 11) is 0. The van der Waals surface area contributed by atoms with E-state index in [0.29, 0.717) is 16.8 Å². The van der Waals surface area contributed by atoms with E-state index in [-0.39, 0.29) is 11.7 Å². The van der Waals surface area contributed by atoms with Crippen LogP contribution in [0.5, 0.6) is 0 Å². The Morgan fingerprint density at radius 3 is 2.64 bits per heavy atom. The fourth-order valence-electron chi connectivity index (χ4n) is 2.45. The molecular weight excluding hydrogens is 279 g/mol. The first-order valence-corrected chi connectivity index (χ1v) is 6.98. The average molecular weight is 294 g/mol. The van der Waals surface area contributed by atoms with E-state index < -0.39 is 0 Å². The lowest BCUT2D eigenvalue weighted by Gasteiger charge is -2.11. The predicted octanol–water partition coefficient (Wildman–Crippen LogP) is 4.24. The SMILES string of the molecule is Cc1cc(C(=O)Nc2ccc(F)cc2C)c2ccccc2n1. The third-order valence-corrected chi connectivity index (χ3v) is 3.53. The number of nitrogens with zero attached hydrogens (tertiary/aromatic N) is 1. The van der Waals surface area contributed by atoms with Gasteiger partial charge in [-0.1, -0.05) is 18.2 Å². The van der Waals surface area contributed by atoms with Gasteiger partial charge in [0, 0.05) is 16.8 Å². The zero-order valence-electron chi connectivity index (χ0n) is 12.4. The van der Waals surface area contributed by atoms with Gasteiger partial charge in [-0.3, -0.25) is 9.78 Å². The van der Waals surface area contributed by atoms with Crippen LogP contribution in [0.15, 0.2) is 48.5 Å². The molecule has 0 saturated carbocycles. The van der Waals surface area contributed by atoms with Gasteiger partial charge in [0.1, 0.15) is 5.82 Å². The van der Waals surface area contributed by atoms with Gasteiger partial charge in [0.05, 0.1) is 11.1 Å². The van der Waals surface area contributed by atoms with Crippen molar-refractivity contribution in [2.75, 3.05) is 5.32 Å². The summed E-state index contributed by atoms with van der Waals surface area (Å²) in [5.41, 5.74) is 3.41. The van der Waals surface area contributed by atoms with Crippen molar-refractivity contribution in [2.45, 2.75) is 13.8 Å². The first-order valence-electron chi connectivity index (χ1n) is 6.98. The molecule has 1 amide bonds. The molecule has 0 bridgehead atoms. The maximum Gasteiger partial charge on any atom is 0.256 e. The Kier molecular flexibility index (Phi) is 3.59. The lowest BCUT2D eigenvalue weighted by atomic mass is 10.1. The number of para-hydroxylation sites is 1. The third kappa shape index (κ3) is 2.68. The first kappa shape index (κ1) is 14.2. The number of anilines is 1. The molecule has 22 heavy (non-hydrogen) atoms. The Balaban J connectivity index is 2.02. The van der Waals surface area contributed by atoms with E-state index in [9.17, 15) is 9.18 Å². The van der Waals surface area contributed by atoms with Gasteiger partial charge in [-0.05, 0) is 49.7 Å². The molecule has 4 heteroatoms. The maximum atomic E-state index is 13.1. The van der Waals surface area contributed by atoms with Gasteiger partial charge in [0.15, 0.2) is 0 Å². The molecule has 1 aromatic heterocycles. The summed E-state index contributed by atoms with van der Waals surface area (Å²) < 4.78 is 13.1. The third-order valence-electron chi connectivity index (χ3n) is 3.53. The molecule has 0 aliphatic heterocycles. The van der Waals surface area contributed by atoms with Crippen LogP contribution in [-0.2, 0) is 0 Å². The minimum atomic E-state index is -0.319. The Morgan fingerprint density at radius 1 is 1.09 bits per heavy atom. The van der Waals surface area contributed by atoms with E-state index in [1.54, 1.807) is 19.1 Å². The van der Waals surface area contributed by atoms with Crippen molar-refractivity contribution in [1.29, 1.82) is 0 Å². The molecule has 0 unspecified atom stereocenters. The number of aromatic nitrogens is 1. The first-order chi connectivity index (χ1) is 10.5. The topological polar surface area (TPSA) is 42.0 Å². The largest absolute Gasteiger partial charge is 0.322 e. The summed E-state index contributed by atoms with van der Waals surface area (Å²) in [6.07, 6.45) is 0. The summed E-state index contributed by atoms with van der Waals surface area (Å²) in [5.74, 6) is -0.544. The zero-order valence-corrected chi connectivity index (χ0v) is 12.4. The van der Waals surface area contributed by atoms with Crippen molar-refractivity contribution in [3.63, 3.8) is 0 Å². The van der Waals surface area contributed by atoms with Crippen molar-refractivity contribution in [3.05, 3.63) is 71.2 Å². The number of halogens is 1. The number of hydrogen-bond donors (Lipinski definition) is 1. The molecule has 3 rings (SSSR count). The van der Waals surface area contributed by atoms with Crippen LogP contribution in [-0.4, -0.2) is 10.9 Å². The minimum absolute atomic E-state index is 0.226. The molecular formula is C18H15FN2O. The van der Waals surface area contributed by atoms with Crippen LogP contribution < -0.4 is 5.32 Å². The Labute approximate surface area is 127 Å². The summed E-state index contributed by atoms with van der Waals surface area (Å²) in [6, 6.07) is 13.6. The second-order valence-corrected chi connectivity index (χ2v) is 5.24. The lowest BCUT2D eigenvalue weighted by molar-refractivity contribution is 0.102. The molecule has 0 aliphatic rings. The maximum absolute atomic E-state index is 13.1. The molecule has 0 saturated heterocycles. The summed E-state index contributed by atoms with van der Waals surface area (Å²) >= 11 is 0. The van der Waals surface area contributed by atoms with Gasteiger partial charge in [0.25, 0.3) is 5.91 Å². The number of benzene rings is 2. The number of hydrogen-bond acceptors (Lipinski definition) is 2. The second kappa shape index (κ2) is 5.56. The molecule has 1 heterocycles. The van der Waals surface area contributed by atoms with E-state index in [4.69, 9.17) is 0 Å². The molecule has 0 radical (unpaired) electrons. The highest BCUT2D eigenvalue weighted by atomic mass is 19.1. The van der Waals surface area contributed by atoms with Crippen LogP contribution in [0.1, 0.15) is 21.6 Å². The van der Waals surface area contributed by atoms with Gasteiger partial charge in [-0.15, -0.1) is 0 Å². The monoisotopic (exact) mass is 294 g/mol. The van der Waals surface area contributed by atoms with E-state index in [2.05, 4.69) is 10.3 Å². The smallest absolute Gasteiger partial charge is 0.256 e. The molecule has 110 valence electrons. The number of carbonyl (C=O) groups excluding carboxylic acids is 1. The quantitative estimate of drug-likeness (QED) is 0.768. The van der Waals surface area contributed by atoms with Crippen molar-refractivity contribution >= 4 is 22.5 Å². The van der Waals surface area contributed by atoms with Gasteiger partial charge in [0.2, 0.25) is 0 Å². The Bertz CT molecular complexity index is 874.